The van der Waals surface area contributed by atoms with Crippen molar-refractivity contribution in [3.05, 3.63) is 40.4 Å². The molecule has 2 aromatic rings. The molecule has 3 N–H and O–H groups in total. The van der Waals surface area contributed by atoms with Gasteiger partial charge in [-0.25, -0.2) is 0 Å². The van der Waals surface area contributed by atoms with Gasteiger partial charge in [0, 0.05) is 15.6 Å². The summed E-state index contributed by atoms with van der Waals surface area (Å²) in [5.74, 6) is 0.252. The van der Waals surface area contributed by atoms with E-state index in [4.69, 9.17) is 5.73 Å². The van der Waals surface area contributed by atoms with E-state index in [0.717, 1.165) is 20.8 Å². The summed E-state index contributed by atoms with van der Waals surface area (Å²) in [4.78, 5) is 0. The van der Waals surface area contributed by atoms with E-state index >= 15 is 0 Å². The number of halogens is 1. The van der Waals surface area contributed by atoms with Gasteiger partial charge in [0.25, 0.3) is 0 Å². The van der Waals surface area contributed by atoms with Gasteiger partial charge in [0.15, 0.2) is 0 Å². The molecule has 0 atom stereocenters. The van der Waals surface area contributed by atoms with Crippen LogP contribution in [0.25, 0.3) is 10.8 Å². The maximum atomic E-state index is 9.92. The number of nitrogens with two attached hydrogens (primary N) is 1. The van der Waals surface area contributed by atoms with Crippen molar-refractivity contribution in [1.82, 2.24) is 0 Å². The van der Waals surface area contributed by atoms with Crippen LogP contribution in [0.3, 0.4) is 0 Å². The van der Waals surface area contributed by atoms with Crippen LogP contribution in [0.4, 0.5) is 0 Å². The molecule has 0 fully saturated rings. The molecule has 0 saturated carbocycles. The molecule has 3 heteroatoms. The average molecular weight is 280 g/mol. The highest BCUT2D eigenvalue weighted by Crippen LogP contribution is 2.32. The van der Waals surface area contributed by atoms with Crippen molar-refractivity contribution in [3.63, 3.8) is 0 Å². The first-order valence-corrected chi connectivity index (χ1v) is 5.89. The van der Waals surface area contributed by atoms with Gasteiger partial charge in [0.2, 0.25) is 0 Å². The zero-order valence-corrected chi connectivity index (χ0v) is 10.9. The first-order valence-electron chi connectivity index (χ1n) is 5.09. The van der Waals surface area contributed by atoms with Crippen LogP contribution >= 0.6 is 15.9 Å². The minimum absolute atomic E-state index is 0.252. The topological polar surface area (TPSA) is 46.2 Å². The van der Waals surface area contributed by atoms with Crippen LogP contribution in [0.5, 0.6) is 5.75 Å². The SMILES string of the molecule is CC(C)(N)c1cc2cc(Br)ccc2cc1O. The van der Waals surface area contributed by atoms with E-state index in [0.29, 0.717) is 0 Å². The van der Waals surface area contributed by atoms with Crippen LogP contribution in [0, 0.1) is 0 Å². The molecule has 0 unspecified atom stereocenters. The number of hydrogen-bond donors (Lipinski definition) is 2. The molecule has 2 rings (SSSR count). The van der Waals surface area contributed by atoms with E-state index in [1.165, 1.54) is 0 Å². The highest BCUT2D eigenvalue weighted by molar-refractivity contribution is 9.10. The smallest absolute Gasteiger partial charge is 0.121 e. The van der Waals surface area contributed by atoms with Crippen molar-refractivity contribution < 1.29 is 5.11 Å². The third-order valence-corrected chi connectivity index (χ3v) is 3.10. The number of aromatic hydroxyl groups is 1. The summed E-state index contributed by atoms with van der Waals surface area (Å²) in [6.45, 7) is 3.76. The van der Waals surface area contributed by atoms with E-state index in [1.54, 1.807) is 6.07 Å². The Morgan fingerprint density at radius 3 is 2.44 bits per heavy atom. The Kier molecular flexibility index (Phi) is 2.68. The summed E-state index contributed by atoms with van der Waals surface area (Å²) in [7, 11) is 0. The number of fused-ring (bicyclic) bond motifs is 1. The van der Waals surface area contributed by atoms with E-state index in [2.05, 4.69) is 15.9 Å². The Hall–Kier alpha value is -1.06. The standard InChI is InChI=1S/C13H14BrNO/c1-13(2,15)11-6-9-5-10(14)4-3-8(9)7-12(11)16/h3-7,16H,15H2,1-2H3. The van der Waals surface area contributed by atoms with Crippen molar-refractivity contribution in [2.45, 2.75) is 19.4 Å². The lowest BCUT2D eigenvalue weighted by Gasteiger charge is -2.21. The van der Waals surface area contributed by atoms with Gasteiger partial charge in [0.1, 0.15) is 5.75 Å². The fourth-order valence-corrected chi connectivity index (χ4v) is 2.15. The first kappa shape index (κ1) is 11.4. The molecule has 0 amide bonds. The minimum atomic E-state index is -0.541. The summed E-state index contributed by atoms with van der Waals surface area (Å²) in [6.07, 6.45) is 0. The number of rotatable bonds is 1. The molecule has 0 aliphatic carbocycles. The van der Waals surface area contributed by atoms with Crippen LogP contribution in [0.1, 0.15) is 19.4 Å². The van der Waals surface area contributed by atoms with Crippen LogP contribution in [0.15, 0.2) is 34.8 Å². The zero-order valence-electron chi connectivity index (χ0n) is 9.29. The molecule has 0 spiro atoms. The van der Waals surface area contributed by atoms with Crippen LogP contribution < -0.4 is 5.73 Å². The van der Waals surface area contributed by atoms with Gasteiger partial charge in [-0.15, -0.1) is 0 Å². The highest BCUT2D eigenvalue weighted by Gasteiger charge is 2.18. The van der Waals surface area contributed by atoms with Crippen molar-refractivity contribution in [2.24, 2.45) is 5.73 Å². The van der Waals surface area contributed by atoms with Gasteiger partial charge in [-0.1, -0.05) is 22.0 Å². The summed E-state index contributed by atoms with van der Waals surface area (Å²) in [5.41, 5.74) is 6.24. The summed E-state index contributed by atoms with van der Waals surface area (Å²) >= 11 is 3.43. The molecule has 2 nitrogen and oxygen atoms in total. The van der Waals surface area contributed by atoms with Gasteiger partial charge in [-0.05, 0) is 48.9 Å². The molecular formula is C13H14BrNO. The van der Waals surface area contributed by atoms with Crippen LogP contribution in [0.2, 0.25) is 0 Å². The summed E-state index contributed by atoms with van der Waals surface area (Å²) < 4.78 is 1.02. The number of phenols is 1. The van der Waals surface area contributed by atoms with Crippen molar-refractivity contribution in [2.75, 3.05) is 0 Å². The van der Waals surface area contributed by atoms with Gasteiger partial charge < -0.3 is 10.8 Å². The lowest BCUT2D eigenvalue weighted by atomic mass is 9.92. The molecule has 0 saturated heterocycles. The molecule has 16 heavy (non-hydrogen) atoms. The van der Waals surface area contributed by atoms with Crippen LogP contribution in [-0.2, 0) is 5.54 Å². The normalized spacial score (nSPS) is 12.0. The van der Waals surface area contributed by atoms with Crippen molar-refractivity contribution in [1.29, 1.82) is 0 Å². The molecule has 84 valence electrons. The Morgan fingerprint density at radius 2 is 1.81 bits per heavy atom. The number of benzene rings is 2. The summed E-state index contributed by atoms with van der Waals surface area (Å²) in [5, 5.41) is 12.0. The minimum Gasteiger partial charge on any atom is -0.508 e. The third-order valence-electron chi connectivity index (χ3n) is 2.61. The molecule has 0 radical (unpaired) electrons. The molecule has 0 bridgehead atoms. The predicted octanol–water partition coefficient (Wildman–Crippen LogP) is 3.50. The predicted molar refractivity (Wildman–Crippen MR) is 70.5 cm³/mol. The second-order valence-electron chi connectivity index (χ2n) is 4.58. The highest BCUT2D eigenvalue weighted by atomic mass is 79.9. The second-order valence-corrected chi connectivity index (χ2v) is 5.50. The van der Waals surface area contributed by atoms with Gasteiger partial charge in [0.05, 0.1) is 0 Å². The van der Waals surface area contributed by atoms with E-state index in [1.807, 2.05) is 38.1 Å². The maximum absolute atomic E-state index is 9.92. The van der Waals surface area contributed by atoms with E-state index in [-0.39, 0.29) is 5.75 Å². The molecule has 2 aromatic carbocycles. The van der Waals surface area contributed by atoms with Gasteiger partial charge in [-0.3, -0.25) is 0 Å². The molecule has 0 aromatic heterocycles. The van der Waals surface area contributed by atoms with Gasteiger partial charge >= 0.3 is 0 Å². The second kappa shape index (κ2) is 3.75. The quantitative estimate of drug-likeness (QED) is 0.839. The molecule has 0 heterocycles. The van der Waals surface area contributed by atoms with Crippen molar-refractivity contribution in [3.8, 4) is 5.75 Å². The Morgan fingerprint density at radius 1 is 1.12 bits per heavy atom. The largest absolute Gasteiger partial charge is 0.508 e. The Balaban J connectivity index is 2.74. The third kappa shape index (κ3) is 2.06. The summed E-state index contributed by atoms with van der Waals surface area (Å²) in [6, 6.07) is 9.63. The maximum Gasteiger partial charge on any atom is 0.121 e. The van der Waals surface area contributed by atoms with E-state index < -0.39 is 5.54 Å². The van der Waals surface area contributed by atoms with Gasteiger partial charge in [-0.2, -0.15) is 0 Å². The zero-order chi connectivity index (χ0) is 11.9. The molecular weight excluding hydrogens is 266 g/mol. The monoisotopic (exact) mass is 279 g/mol. The molecule has 0 aliphatic rings. The first-order chi connectivity index (χ1) is 7.38. The lowest BCUT2D eigenvalue weighted by Crippen LogP contribution is -2.28. The average Bonchev–Trinajstić information content (AvgIpc) is 2.16. The van der Waals surface area contributed by atoms with E-state index in [9.17, 15) is 5.11 Å². The number of hydrogen-bond acceptors (Lipinski definition) is 2. The fraction of sp³-hybridized carbons (Fsp3) is 0.231. The van der Waals surface area contributed by atoms with Crippen LogP contribution in [-0.4, -0.2) is 5.11 Å². The Bertz CT molecular complexity index is 543. The molecule has 0 aliphatic heterocycles. The number of phenolic OH excluding ortho intramolecular Hbond substituents is 1. The Labute approximate surface area is 103 Å². The van der Waals surface area contributed by atoms with Crippen molar-refractivity contribution >= 4 is 26.7 Å². The fourth-order valence-electron chi connectivity index (χ4n) is 1.77. The lowest BCUT2D eigenvalue weighted by molar-refractivity contribution is 0.441.